The third kappa shape index (κ3) is 4.19. The molecule has 1 aromatic heterocycles. The molecule has 0 aliphatic rings. The minimum Gasteiger partial charge on any atom is -0.337 e. The van der Waals surface area contributed by atoms with Crippen molar-refractivity contribution in [2.45, 2.75) is 45.2 Å². The lowest BCUT2D eigenvalue weighted by molar-refractivity contribution is 0.441. The van der Waals surface area contributed by atoms with Crippen LogP contribution in [0, 0.1) is 0 Å². The largest absolute Gasteiger partial charge is 0.337 e. The Hall–Kier alpha value is -1.09. The molecule has 1 rings (SSSR count). The third-order valence-electron chi connectivity index (χ3n) is 2.83. The van der Waals surface area contributed by atoms with Crippen LogP contribution < -0.4 is 5.32 Å². The monoisotopic (exact) mass is 221 g/mol. The van der Waals surface area contributed by atoms with Gasteiger partial charge in [0, 0.05) is 25.5 Å². The van der Waals surface area contributed by atoms with Crippen molar-refractivity contribution in [3.8, 4) is 0 Å². The molecule has 0 bridgehead atoms. The average Bonchev–Trinajstić information content (AvgIpc) is 2.68. The summed E-state index contributed by atoms with van der Waals surface area (Å²) >= 11 is 0. The number of nitrogens with zero attached hydrogens (tertiary/aromatic N) is 2. The van der Waals surface area contributed by atoms with E-state index in [9.17, 15) is 0 Å². The highest BCUT2D eigenvalue weighted by Crippen LogP contribution is 2.06. The number of imidazole rings is 1. The number of aryl methyl sites for hydroxylation is 1. The molecule has 1 unspecified atom stereocenters. The van der Waals surface area contributed by atoms with E-state index in [1.165, 1.54) is 19.3 Å². The van der Waals surface area contributed by atoms with E-state index in [2.05, 4.69) is 28.4 Å². The molecule has 0 aliphatic carbocycles. The molecule has 1 heterocycles. The van der Waals surface area contributed by atoms with Crippen molar-refractivity contribution >= 4 is 0 Å². The molecule has 3 nitrogen and oxygen atoms in total. The molecule has 16 heavy (non-hydrogen) atoms. The molecule has 0 spiro atoms. The minimum atomic E-state index is 0.583. The van der Waals surface area contributed by atoms with Crippen molar-refractivity contribution in [1.29, 1.82) is 0 Å². The van der Waals surface area contributed by atoms with Gasteiger partial charge in [0.1, 0.15) is 5.82 Å². The smallest absolute Gasteiger partial charge is 0.122 e. The van der Waals surface area contributed by atoms with E-state index < -0.39 is 0 Å². The van der Waals surface area contributed by atoms with Crippen LogP contribution in [0.3, 0.4) is 0 Å². The van der Waals surface area contributed by atoms with Gasteiger partial charge in [-0.15, -0.1) is 6.58 Å². The van der Waals surface area contributed by atoms with Crippen LogP contribution in [0.1, 0.15) is 38.4 Å². The van der Waals surface area contributed by atoms with Crippen LogP contribution in [-0.2, 0) is 13.6 Å². The van der Waals surface area contributed by atoms with Gasteiger partial charge in [0.05, 0.1) is 6.54 Å². The van der Waals surface area contributed by atoms with Crippen molar-refractivity contribution < 1.29 is 0 Å². The van der Waals surface area contributed by atoms with Crippen molar-refractivity contribution in [3.63, 3.8) is 0 Å². The summed E-state index contributed by atoms with van der Waals surface area (Å²) in [4.78, 5) is 4.31. The maximum absolute atomic E-state index is 4.31. The summed E-state index contributed by atoms with van der Waals surface area (Å²) in [6, 6.07) is 0.583. The molecule has 0 fully saturated rings. The van der Waals surface area contributed by atoms with Gasteiger partial charge in [-0.3, -0.25) is 0 Å². The first kappa shape index (κ1) is 13.0. The minimum absolute atomic E-state index is 0.583. The number of rotatable bonds is 8. The van der Waals surface area contributed by atoms with E-state index >= 15 is 0 Å². The summed E-state index contributed by atoms with van der Waals surface area (Å²) < 4.78 is 2.06. The van der Waals surface area contributed by atoms with E-state index in [-0.39, 0.29) is 0 Å². The number of allylic oxidation sites excluding steroid dienone is 1. The second-order valence-electron chi connectivity index (χ2n) is 4.19. The first-order chi connectivity index (χ1) is 7.77. The van der Waals surface area contributed by atoms with Crippen molar-refractivity contribution in [2.75, 3.05) is 0 Å². The van der Waals surface area contributed by atoms with Crippen LogP contribution in [0.25, 0.3) is 0 Å². The molecule has 1 aromatic rings. The number of nitrogens with one attached hydrogen (secondary N) is 1. The normalized spacial score (nSPS) is 12.6. The molecule has 1 atom stereocenters. The molecule has 3 heteroatoms. The topological polar surface area (TPSA) is 29.9 Å². The molecule has 90 valence electrons. The van der Waals surface area contributed by atoms with E-state index in [0.717, 1.165) is 18.8 Å². The van der Waals surface area contributed by atoms with Gasteiger partial charge in [0.2, 0.25) is 0 Å². The molecule has 1 N–H and O–H groups in total. The summed E-state index contributed by atoms with van der Waals surface area (Å²) in [6.07, 6.45) is 10.5. The lowest BCUT2D eigenvalue weighted by Crippen LogP contribution is -2.29. The number of hydrogen-bond donors (Lipinski definition) is 1. The first-order valence-corrected chi connectivity index (χ1v) is 6.08. The van der Waals surface area contributed by atoms with Crippen LogP contribution >= 0.6 is 0 Å². The Kier molecular flexibility index (Phi) is 5.86. The van der Waals surface area contributed by atoms with Gasteiger partial charge >= 0.3 is 0 Å². The Bertz CT molecular complexity index is 304. The second kappa shape index (κ2) is 7.23. The van der Waals surface area contributed by atoms with Gasteiger partial charge in [-0.1, -0.05) is 19.4 Å². The fourth-order valence-corrected chi connectivity index (χ4v) is 1.82. The van der Waals surface area contributed by atoms with Crippen LogP contribution in [-0.4, -0.2) is 15.6 Å². The van der Waals surface area contributed by atoms with Crippen LogP contribution in [0.2, 0.25) is 0 Å². The molecule has 0 saturated carbocycles. The Morgan fingerprint density at radius 2 is 2.38 bits per heavy atom. The van der Waals surface area contributed by atoms with E-state index in [4.69, 9.17) is 0 Å². The molecule has 0 saturated heterocycles. The van der Waals surface area contributed by atoms with Gasteiger partial charge in [-0.05, 0) is 19.3 Å². The molecule has 0 amide bonds. The maximum Gasteiger partial charge on any atom is 0.122 e. The Labute approximate surface area is 98.6 Å². The predicted molar refractivity (Wildman–Crippen MR) is 68.2 cm³/mol. The lowest BCUT2D eigenvalue weighted by atomic mass is 10.1. The fraction of sp³-hybridized carbons (Fsp3) is 0.615. The fourth-order valence-electron chi connectivity index (χ4n) is 1.82. The molecular weight excluding hydrogens is 198 g/mol. The van der Waals surface area contributed by atoms with Crippen LogP contribution in [0.15, 0.2) is 25.0 Å². The van der Waals surface area contributed by atoms with E-state index in [1.807, 2.05) is 25.5 Å². The Morgan fingerprint density at radius 1 is 1.56 bits per heavy atom. The molecule has 0 radical (unpaired) electrons. The SMILES string of the molecule is C=CCCC(CCC)NCc1nccn1C. The van der Waals surface area contributed by atoms with Gasteiger partial charge in [0.25, 0.3) is 0 Å². The first-order valence-electron chi connectivity index (χ1n) is 6.08. The van der Waals surface area contributed by atoms with Crippen LogP contribution in [0.4, 0.5) is 0 Å². The van der Waals surface area contributed by atoms with Crippen molar-refractivity contribution in [1.82, 2.24) is 14.9 Å². The number of hydrogen-bond acceptors (Lipinski definition) is 2. The zero-order valence-corrected chi connectivity index (χ0v) is 10.4. The predicted octanol–water partition coefficient (Wildman–Crippen LogP) is 2.64. The average molecular weight is 221 g/mol. The van der Waals surface area contributed by atoms with E-state index in [0.29, 0.717) is 6.04 Å². The number of aromatic nitrogens is 2. The van der Waals surface area contributed by atoms with Crippen molar-refractivity contribution in [2.24, 2.45) is 7.05 Å². The highest BCUT2D eigenvalue weighted by atomic mass is 15.1. The van der Waals surface area contributed by atoms with Crippen molar-refractivity contribution in [3.05, 3.63) is 30.9 Å². The van der Waals surface area contributed by atoms with E-state index in [1.54, 1.807) is 0 Å². The summed E-state index contributed by atoms with van der Waals surface area (Å²) in [7, 11) is 2.03. The lowest BCUT2D eigenvalue weighted by Gasteiger charge is -2.17. The molecule has 0 aromatic carbocycles. The summed E-state index contributed by atoms with van der Waals surface area (Å²) in [6.45, 7) is 6.85. The van der Waals surface area contributed by atoms with Gasteiger partial charge in [-0.2, -0.15) is 0 Å². The highest BCUT2D eigenvalue weighted by molar-refractivity contribution is 4.91. The third-order valence-corrected chi connectivity index (χ3v) is 2.83. The second-order valence-corrected chi connectivity index (χ2v) is 4.19. The zero-order valence-electron chi connectivity index (χ0n) is 10.4. The van der Waals surface area contributed by atoms with Gasteiger partial charge < -0.3 is 9.88 Å². The van der Waals surface area contributed by atoms with Crippen LogP contribution in [0.5, 0.6) is 0 Å². The van der Waals surface area contributed by atoms with Gasteiger partial charge in [0.15, 0.2) is 0 Å². The quantitative estimate of drug-likeness (QED) is 0.684. The highest BCUT2D eigenvalue weighted by Gasteiger charge is 2.07. The summed E-state index contributed by atoms with van der Waals surface area (Å²) in [5.74, 6) is 1.10. The van der Waals surface area contributed by atoms with Gasteiger partial charge in [-0.25, -0.2) is 4.98 Å². The maximum atomic E-state index is 4.31. The molecule has 0 aliphatic heterocycles. The Balaban J connectivity index is 2.36. The Morgan fingerprint density at radius 3 is 2.94 bits per heavy atom. The summed E-state index contributed by atoms with van der Waals surface area (Å²) in [5.41, 5.74) is 0. The summed E-state index contributed by atoms with van der Waals surface area (Å²) in [5, 5.41) is 3.57. The zero-order chi connectivity index (χ0) is 11.8. The standard InChI is InChI=1S/C13H23N3/c1-4-6-8-12(7-5-2)15-11-13-14-9-10-16(13)3/h4,9-10,12,15H,1,5-8,11H2,2-3H3. The molecular formula is C13H23N3.